The molecule has 0 spiro atoms. The molecule has 0 heterocycles. The van der Waals surface area contributed by atoms with Gasteiger partial charge in [0.05, 0.1) is 7.11 Å². The van der Waals surface area contributed by atoms with Crippen LogP contribution in [-0.4, -0.2) is 38.4 Å². The highest BCUT2D eigenvalue weighted by molar-refractivity contribution is 5.96. The number of amides is 1. The summed E-state index contributed by atoms with van der Waals surface area (Å²) < 4.78 is 5.09. The highest BCUT2D eigenvalue weighted by Gasteiger charge is 2.09. The van der Waals surface area contributed by atoms with Crippen molar-refractivity contribution in [2.45, 2.75) is 33.1 Å². The second-order valence-corrected chi connectivity index (χ2v) is 6.77. The highest BCUT2D eigenvalue weighted by atomic mass is 16.5. The number of nitrogens with one attached hydrogen (secondary N) is 1. The molecule has 1 N–H and O–H groups in total. The van der Waals surface area contributed by atoms with Crippen LogP contribution in [0.5, 0.6) is 5.75 Å². The molecule has 0 atom stereocenters. The molecule has 0 aliphatic heterocycles. The summed E-state index contributed by atoms with van der Waals surface area (Å²) >= 11 is 0. The monoisotopic (exact) mass is 382 g/mol. The molecule has 5 nitrogen and oxygen atoms in total. The number of carbonyl (C=O) groups excluding carboxylic acids is 2. The molecule has 0 fully saturated rings. The van der Waals surface area contributed by atoms with Crippen molar-refractivity contribution in [2.75, 3.05) is 31.6 Å². The Morgan fingerprint density at radius 1 is 1.07 bits per heavy atom. The quantitative estimate of drug-likeness (QED) is 0.597. The third-order valence-corrected chi connectivity index (χ3v) is 4.67. The second-order valence-electron chi connectivity index (χ2n) is 6.77. The first-order valence-corrected chi connectivity index (χ1v) is 9.79. The van der Waals surface area contributed by atoms with Gasteiger partial charge in [-0.1, -0.05) is 12.1 Å². The molecule has 2 aromatic carbocycles. The SMILES string of the molecule is CCN(CCNC(=O)CCCC(=O)c1ccc(OC)cc1)c1cccc(C)c1. The zero-order chi connectivity index (χ0) is 20.4. The average Bonchev–Trinajstić information content (AvgIpc) is 2.71. The number of hydrogen-bond donors (Lipinski definition) is 1. The third-order valence-electron chi connectivity index (χ3n) is 4.67. The van der Waals surface area contributed by atoms with Crippen LogP contribution in [0.4, 0.5) is 5.69 Å². The number of ketones is 1. The molecule has 0 aliphatic carbocycles. The minimum absolute atomic E-state index is 0.0113. The molecule has 0 aromatic heterocycles. The van der Waals surface area contributed by atoms with E-state index in [0.717, 1.165) is 18.8 Å². The molecule has 0 aliphatic rings. The fraction of sp³-hybridized carbons (Fsp3) is 0.391. The van der Waals surface area contributed by atoms with E-state index in [-0.39, 0.29) is 11.7 Å². The number of nitrogens with zero attached hydrogens (tertiary/aromatic N) is 1. The Kier molecular flexibility index (Phi) is 8.53. The van der Waals surface area contributed by atoms with Gasteiger partial charge in [0.1, 0.15) is 5.75 Å². The normalized spacial score (nSPS) is 10.4. The maximum absolute atomic E-state index is 12.2. The highest BCUT2D eigenvalue weighted by Crippen LogP contribution is 2.15. The predicted octanol–water partition coefficient (Wildman–Crippen LogP) is 4.00. The second kappa shape index (κ2) is 11.1. The molecule has 2 rings (SSSR count). The Labute approximate surface area is 167 Å². The predicted molar refractivity (Wildman–Crippen MR) is 113 cm³/mol. The fourth-order valence-electron chi connectivity index (χ4n) is 3.04. The van der Waals surface area contributed by atoms with Crippen LogP contribution in [0.15, 0.2) is 48.5 Å². The minimum Gasteiger partial charge on any atom is -0.497 e. The van der Waals surface area contributed by atoms with Crippen molar-refractivity contribution in [1.29, 1.82) is 0 Å². The summed E-state index contributed by atoms with van der Waals surface area (Å²) in [5.41, 5.74) is 3.04. The summed E-state index contributed by atoms with van der Waals surface area (Å²) in [6.07, 6.45) is 1.27. The largest absolute Gasteiger partial charge is 0.497 e. The van der Waals surface area contributed by atoms with E-state index in [4.69, 9.17) is 4.74 Å². The lowest BCUT2D eigenvalue weighted by Crippen LogP contribution is -2.34. The van der Waals surface area contributed by atoms with Gasteiger partial charge in [0, 0.05) is 43.7 Å². The van der Waals surface area contributed by atoms with E-state index in [1.807, 2.05) is 6.07 Å². The minimum atomic E-state index is -0.0113. The summed E-state index contributed by atoms with van der Waals surface area (Å²) in [6.45, 7) is 6.42. The lowest BCUT2D eigenvalue weighted by Gasteiger charge is -2.23. The van der Waals surface area contributed by atoms with Gasteiger partial charge in [0.2, 0.25) is 5.91 Å². The number of ether oxygens (including phenoxy) is 1. The van der Waals surface area contributed by atoms with Crippen molar-refractivity contribution in [3.63, 3.8) is 0 Å². The first-order valence-electron chi connectivity index (χ1n) is 9.79. The topological polar surface area (TPSA) is 58.6 Å². The lowest BCUT2D eigenvalue weighted by atomic mass is 10.1. The summed E-state index contributed by atoms with van der Waals surface area (Å²) in [7, 11) is 1.59. The van der Waals surface area contributed by atoms with Crippen LogP contribution in [-0.2, 0) is 4.79 Å². The third kappa shape index (κ3) is 6.72. The van der Waals surface area contributed by atoms with Crippen LogP contribution in [0, 0.1) is 6.92 Å². The Hall–Kier alpha value is -2.82. The number of methoxy groups -OCH3 is 1. The summed E-state index contributed by atoms with van der Waals surface area (Å²) in [6, 6.07) is 15.4. The van der Waals surface area contributed by atoms with Crippen molar-refractivity contribution in [3.05, 3.63) is 59.7 Å². The maximum atomic E-state index is 12.2. The van der Waals surface area contributed by atoms with Gasteiger partial charge in [-0.25, -0.2) is 0 Å². The molecule has 0 unspecified atom stereocenters. The summed E-state index contributed by atoms with van der Waals surface area (Å²) in [5.74, 6) is 0.762. The van der Waals surface area contributed by atoms with E-state index in [1.165, 1.54) is 11.3 Å². The maximum Gasteiger partial charge on any atom is 0.220 e. The molecule has 5 heteroatoms. The van der Waals surface area contributed by atoms with Crippen molar-refractivity contribution < 1.29 is 14.3 Å². The smallest absolute Gasteiger partial charge is 0.220 e. The van der Waals surface area contributed by atoms with Crippen molar-refractivity contribution in [2.24, 2.45) is 0 Å². The molecule has 0 saturated carbocycles. The Balaban J connectivity index is 1.68. The average molecular weight is 383 g/mol. The molecule has 0 saturated heterocycles. The lowest BCUT2D eigenvalue weighted by molar-refractivity contribution is -0.121. The summed E-state index contributed by atoms with van der Waals surface area (Å²) in [5, 5.41) is 2.95. The zero-order valence-electron chi connectivity index (χ0n) is 17.0. The Morgan fingerprint density at radius 3 is 2.46 bits per heavy atom. The number of aryl methyl sites for hydroxylation is 1. The number of anilines is 1. The Bertz CT molecular complexity index is 772. The van der Waals surface area contributed by atoms with E-state index in [9.17, 15) is 9.59 Å². The molecule has 0 bridgehead atoms. The van der Waals surface area contributed by atoms with Crippen molar-refractivity contribution in [3.8, 4) is 5.75 Å². The first-order chi connectivity index (χ1) is 13.5. The molecule has 2 aromatic rings. The van der Waals surface area contributed by atoms with Gasteiger partial charge in [0.15, 0.2) is 5.78 Å². The van der Waals surface area contributed by atoms with Crippen LogP contribution < -0.4 is 15.0 Å². The molecular weight excluding hydrogens is 352 g/mol. The van der Waals surface area contributed by atoms with Crippen LogP contribution in [0.1, 0.15) is 42.1 Å². The van der Waals surface area contributed by atoms with Crippen molar-refractivity contribution >= 4 is 17.4 Å². The van der Waals surface area contributed by atoms with Gasteiger partial charge in [-0.15, -0.1) is 0 Å². The number of likely N-dealkylation sites (N-methyl/N-ethyl adjacent to an activating group) is 1. The number of Topliss-reactive ketones (excluding diaryl/α,β-unsaturated/α-hetero) is 1. The fourth-order valence-corrected chi connectivity index (χ4v) is 3.04. The molecule has 1 amide bonds. The van der Waals surface area contributed by atoms with E-state index in [2.05, 4.69) is 42.3 Å². The van der Waals surface area contributed by atoms with Gasteiger partial charge < -0.3 is 15.0 Å². The van der Waals surface area contributed by atoms with Gasteiger partial charge in [-0.2, -0.15) is 0 Å². The van der Waals surface area contributed by atoms with E-state index < -0.39 is 0 Å². The number of benzene rings is 2. The zero-order valence-corrected chi connectivity index (χ0v) is 17.0. The van der Waals surface area contributed by atoms with E-state index in [1.54, 1.807) is 31.4 Å². The van der Waals surface area contributed by atoms with E-state index in [0.29, 0.717) is 31.4 Å². The van der Waals surface area contributed by atoms with E-state index >= 15 is 0 Å². The van der Waals surface area contributed by atoms with Crippen LogP contribution in [0.2, 0.25) is 0 Å². The summed E-state index contributed by atoms with van der Waals surface area (Å²) in [4.78, 5) is 26.5. The molecule has 28 heavy (non-hydrogen) atoms. The van der Waals surface area contributed by atoms with Crippen molar-refractivity contribution in [1.82, 2.24) is 5.32 Å². The van der Waals surface area contributed by atoms with Crippen LogP contribution in [0.25, 0.3) is 0 Å². The Morgan fingerprint density at radius 2 is 1.82 bits per heavy atom. The standard InChI is InChI=1S/C23H30N2O3/c1-4-25(20-8-5-7-18(2)17-20)16-15-24-23(27)10-6-9-22(26)19-11-13-21(28-3)14-12-19/h5,7-8,11-14,17H,4,6,9-10,15-16H2,1-3H3,(H,24,27). The van der Waals surface area contributed by atoms with Gasteiger partial charge in [-0.05, 0) is 62.2 Å². The molecule has 150 valence electrons. The first kappa shape index (κ1) is 21.5. The van der Waals surface area contributed by atoms with Crippen LogP contribution >= 0.6 is 0 Å². The van der Waals surface area contributed by atoms with Gasteiger partial charge >= 0.3 is 0 Å². The van der Waals surface area contributed by atoms with Crippen LogP contribution in [0.3, 0.4) is 0 Å². The number of hydrogen-bond acceptors (Lipinski definition) is 4. The van der Waals surface area contributed by atoms with Gasteiger partial charge in [-0.3, -0.25) is 9.59 Å². The molecular formula is C23H30N2O3. The number of rotatable bonds is 11. The molecule has 0 radical (unpaired) electrons. The van der Waals surface area contributed by atoms with Gasteiger partial charge in [0.25, 0.3) is 0 Å². The number of carbonyl (C=O) groups is 2.